The van der Waals surface area contributed by atoms with Crippen LogP contribution in [0.2, 0.25) is 0 Å². The summed E-state index contributed by atoms with van der Waals surface area (Å²) in [5.74, 6) is 0. The monoisotopic (exact) mass is 175 g/mol. The van der Waals surface area contributed by atoms with Gasteiger partial charge in [-0.25, -0.2) is 0 Å². The molecule has 0 atom stereocenters. The van der Waals surface area contributed by atoms with Gasteiger partial charge in [0.05, 0.1) is 6.54 Å². The molecule has 2 aromatic rings. The fourth-order valence-corrected chi connectivity index (χ4v) is 1.15. The van der Waals surface area contributed by atoms with Crippen LogP contribution in [0.1, 0.15) is 5.56 Å². The molecule has 0 fully saturated rings. The van der Waals surface area contributed by atoms with Gasteiger partial charge in [0.1, 0.15) is 0 Å². The molecule has 0 spiro atoms. The molecule has 4 nitrogen and oxygen atoms in total. The SMILES string of the molecule is O=c1ccn(Cc2cccnc2)[nH]1. The third-order valence-electron chi connectivity index (χ3n) is 1.74. The predicted octanol–water partition coefficient (Wildman–Crippen LogP) is 0.620. The van der Waals surface area contributed by atoms with E-state index in [2.05, 4.69) is 10.1 Å². The molecule has 0 aliphatic rings. The Bertz CT molecular complexity index is 429. The summed E-state index contributed by atoms with van der Waals surface area (Å²) in [5.41, 5.74) is 0.984. The van der Waals surface area contributed by atoms with Gasteiger partial charge >= 0.3 is 0 Å². The van der Waals surface area contributed by atoms with Crippen LogP contribution in [0.3, 0.4) is 0 Å². The second-order valence-electron chi connectivity index (χ2n) is 2.78. The zero-order valence-corrected chi connectivity index (χ0v) is 6.97. The van der Waals surface area contributed by atoms with Crippen LogP contribution >= 0.6 is 0 Å². The molecule has 0 saturated carbocycles. The van der Waals surface area contributed by atoms with Crippen LogP contribution in [0.15, 0.2) is 41.6 Å². The van der Waals surface area contributed by atoms with Crippen molar-refractivity contribution in [3.63, 3.8) is 0 Å². The van der Waals surface area contributed by atoms with Gasteiger partial charge in [0, 0.05) is 24.7 Å². The van der Waals surface area contributed by atoms with Gasteiger partial charge in [-0.3, -0.25) is 19.6 Å². The molecule has 2 aromatic heterocycles. The minimum Gasteiger partial charge on any atom is -0.288 e. The lowest BCUT2D eigenvalue weighted by atomic mass is 10.3. The molecule has 0 aromatic carbocycles. The molecule has 0 unspecified atom stereocenters. The summed E-state index contributed by atoms with van der Waals surface area (Å²) in [5, 5.41) is 2.66. The minimum atomic E-state index is -0.0797. The Morgan fingerprint density at radius 1 is 1.46 bits per heavy atom. The van der Waals surface area contributed by atoms with Crippen molar-refractivity contribution in [2.75, 3.05) is 0 Å². The Labute approximate surface area is 74.8 Å². The number of aromatic amines is 1. The summed E-state index contributed by atoms with van der Waals surface area (Å²) < 4.78 is 1.72. The van der Waals surface area contributed by atoms with Crippen LogP contribution in [0, 0.1) is 0 Å². The maximum absolute atomic E-state index is 10.8. The fraction of sp³-hybridized carbons (Fsp3) is 0.111. The number of hydrogen-bond donors (Lipinski definition) is 1. The lowest BCUT2D eigenvalue weighted by Gasteiger charge is -2.00. The van der Waals surface area contributed by atoms with Gasteiger partial charge in [0.15, 0.2) is 0 Å². The van der Waals surface area contributed by atoms with Crippen molar-refractivity contribution in [2.24, 2.45) is 0 Å². The lowest BCUT2D eigenvalue weighted by Crippen LogP contribution is -2.06. The van der Waals surface area contributed by atoms with E-state index in [4.69, 9.17) is 0 Å². The molecule has 2 rings (SSSR count). The van der Waals surface area contributed by atoms with E-state index < -0.39 is 0 Å². The quantitative estimate of drug-likeness (QED) is 0.727. The number of pyridine rings is 1. The Morgan fingerprint density at radius 2 is 2.38 bits per heavy atom. The van der Waals surface area contributed by atoms with E-state index in [1.165, 1.54) is 6.07 Å². The standard InChI is InChI=1S/C9H9N3O/c13-9-3-5-12(11-9)7-8-2-1-4-10-6-8/h1-6H,7H2,(H,11,13). The van der Waals surface area contributed by atoms with Crippen LogP contribution in [-0.2, 0) is 6.54 Å². The van der Waals surface area contributed by atoms with Gasteiger partial charge in [-0.1, -0.05) is 6.07 Å². The molecule has 4 heteroatoms. The first-order chi connectivity index (χ1) is 6.34. The van der Waals surface area contributed by atoms with Crippen molar-refractivity contribution in [2.45, 2.75) is 6.54 Å². The molecule has 0 amide bonds. The topological polar surface area (TPSA) is 50.7 Å². The second kappa shape index (κ2) is 3.26. The van der Waals surface area contributed by atoms with Gasteiger partial charge in [0.25, 0.3) is 5.56 Å². The van der Waals surface area contributed by atoms with Crippen molar-refractivity contribution in [1.29, 1.82) is 0 Å². The normalized spacial score (nSPS) is 10.2. The number of nitrogens with zero attached hydrogens (tertiary/aromatic N) is 2. The number of aromatic nitrogens is 3. The van der Waals surface area contributed by atoms with Crippen LogP contribution in [-0.4, -0.2) is 14.8 Å². The largest absolute Gasteiger partial charge is 0.288 e. The van der Waals surface area contributed by atoms with E-state index in [0.29, 0.717) is 6.54 Å². The summed E-state index contributed by atoms with van der Waals surface area (Å²) in [4.78, 5) is 14.8. The zero-order valence-electron chi connectivity index (χ0n) is 6.97. The van der Waals surface area contributed by atoms with Gasteiger partial charge < -0.3 is 0 Å². The highest BCUT2D eigenvalue weighted by molar-refractivity contribution is 5.08. The van der Waals surface area contributed by atoms with Crippen molar-refractivity contribution in [3.8, 4) is 0 Å². The van der Waals surface area contributed by atoms with Crippen molar-refractivity contribution in [3.05, 3.63) is 52.7 Å². The Kier molecular flexibility index (Phi) is 1.96. The fourth-order valence-electron chi connectivity index (χ4n) is 1.15. The van der Waals surface area contributed by atoms with Crippen molar-refractivity contribution in [1.82, 2.24) is 14.8 Å². The molecule has 1 N–H and O–H groups in total. The van der Waals surface area contributed by atoms with Crippen LogP contribution in [0.5, 0.6) is 0 Å². The third-order valence-corrected chi connectivity index (χ3v) is 1.74. The van der Waals surface area contributed by atoms with Crippen LogP contribution in [0.25, 0.3) is 0 Å². The Hall–Kier alpha value is -1.84. The average molecular weight is 175 g/mol. The first-order valence-electron chi connectivity index (χ1n) is 3.99. The molecule has 0 radical (unpaired) electrons. The zero-order chi connectivity index (χ0) is 9.10. The van der Waals surface area contributed by atoms with Crippen LogP contribution < -0.4 is 5.56 Å². The lowest BCUT2D eigenvalue weighted by molar-refractivity contribution is 0.677. The Morgan fingerprint density at radius 3 is 3.00 bits per heavy atom. The van der Waals surface area contributed by atoms with Crippen molar-refractivity contribution >= 4 is 0 Å². The predicted molar refractivity (Wildman–Crippen MR) is 48.4 cm³/mol. The summed E-state index contributed by atoms with van der Waals surface area (Å²) in [6.45, 7) is 0.649. The first kappa shape index (κ1) is 7.79. The Balaban J connectivity index is 2.20. The minimum absolute atomic E-state index is 0.0797. The number of rotatable bonds is 2. The molecule has 0 aliphatic heterocycles. The number of nitrogens with one attached hydrogen (secondary N) is 1. The van der Waals surface area contributed by atoms with Gasteiger partial charge in [-0.15, -0.1) is 0 Å². The number of H-pyrrole nitrogens is 1. The first-order valence-corrected chi connectivity index (χ1v) is 3.99. The summed E-state index contributed by atoms with van der Waals surface area (Å²) >= 11 is 0. The molecular formula is C9H9N3O. The van der Waals surface area contributed by atoms with E-state index in [1.807, 2.05) is 12.1 Å². The molecular weight excluding hydrogens is 166 g/mol. The van der Waals surface area contributed by atoms with Gasteiger partial charge in [0.2, 0.25) is 0 Å². The molecule has 2 heterocycles. The third kappa shape index (κ3) is 1.84. The molecule has 0 aliphatic carbocycles. The van der Waals surface area contributed by atoms with E-state index in [-0.39, 0.29) is 5.56 Å². The maximum Gasteiger partial charge on any atom is 0.264 e. The highest BCUT2D eigenvalue weighted by atomic mass is 16.1. The summed E-state index contributed by atoms with van der Waals surface area (Å²) in [6.07, 6.45) is 5.22. The molecule has 66 valence electrons. The molecule has 13 heavy (non-hydrogen) atoms. The van der Waals surface area contributed by atoms with Crippen LogP contribution in [0.4, 0.5) is 0 Å². The van der Waals surface area contributed by atoms with E-state index in [0.717, 1.165) is 5.56 Å². The second-order valence-corrected chi connectivity index (χ2v) is 2.78. The highest BCUT2D eigenvalue weighted by Gasteiger charge is 1.93. The van der Waals surface area contributed by atoms with E-state index in [1.54, 1.807) is 23.3 Å². The number of hydrogen-bond acceptors (Lipinski definition) is 2. The van der Waals surface area contributed by atoms with Crippen molar-refractivity contribution < 1.29 is 0 Å². The van der Waals surface area contributed by atoms with E-state index >= 15 is 0 Å². The summed E-state index contributed by atoms with van der Waals surface area (Å²) in [6, 6.07) is 5.33. The smallest absolute Gasteiger partial charge is 0.264 e. The van der Waals surface area contributed by atoms with Gasteiger partial charge in [-0.2, -0.15) is 0 Å². The van der Waals surface area contributed by atoms with Gasteiger partial charge in [-0.05, 0) is 11.6 Å². The molecule has 0 saturated heterocycles. The average Bonchev–Trinajstić information content (AvgIpc) is 2.53. The summed E-state index contributed by atoms with van der Waals surface area (Å²) in [7, 11) is 0. The maximum atomic E-state index is 10.8. The highest BCUT2D eigenvalue weighted by Crippen LogP contribution is 1.97. The van der Waals surface area contributed by atoms with E-state index in [9.17, 15) is 4.79 Å². The molecule has 0 bridgehead atoms.